The van der Waals surface area contributed by atoms with Crippen molar-refractivity contribution in [1.82, 2.24) is 0 Å². The van der Waals surface area contributed by atoms with Crippen molar-refractivity contribution in [3.63, 3.8) is 0 Å². The van der Waals surface area contributed by atoms with Gasteiger partial charge in [-0.1, -0.05) is 27.3 Å². The van der Waals surface area contributed by atoms with Crippen molar-refractivity contribution in [2.45, 2.75) is 0 Å². The molecule has 1 heterocycles. The minimum Gasteiger partial charge on any atom is -0.398 e. The Morgan fingerprint density at radius 1 is 1.59 bits per heavy atom. The number of primary amides is 1. The quantitative estimate of drug-likeness (QED) is 0.878. The Kier molecular flexibility index (Phi) is 3.00. The number of amides is 1. The summed E-state index contributed by atoms with van der Waals surface area (Å²) in [6, 6.07) is 4.62. The van der Waals surface area contributed by atoms with Crippen molar-refractivity contribution in [2.75, 3.05) is 0 Å². The molecule has 1 aromatic heterocycles. The van der Waals surface area contributed by atoms with Gasteiger partial charge in [-0.3, -0.25) is 0 Å². The lowest BCUT2D eigenvalue weighted by atomic mass is 10.2. The van der Waals surface area contributed by atoms with Gasteiger partial charge in [0.15, 0.2) is 0 Å². The largest absolute Gasteiger partial charge is 0.410 e. The number of hydrogen-bond acceptors (Lipinski definition) is 4. The van der Waals surface area contributed by atoms with Gasteiger partial charge in [-0.05, 0) is 12.1 Å². The maximum atomic E-state index is 13.5. The smallest absolute Gasteiger partial charge is 0.398 e. The lowest BCUT2D eigenvalue weighted by Gasteiger charge is -1.96. The summed E-state index contributed by atoms with van der Waals surface area (Å²) in [5, 5.41) is 9.40. The first-order valence-electron chi connectivity index (χ1n) is 4.32. The molecule has 0 aliphatic rings. The van der Waals surface area contributed by atoms with E-state index in [2.05, 4.69) is 20.7 Å². The van der Waals surface area contributed by atoms with Gasteiger partial charge in [-0.2, -0.15) is 5.26 Å². The number of hydrogen-bond donors (Lipinski definition) is 1. The van der Waals surface area contributed by atoms with Crippen molar-refractivity contribution in [3.8, 4) is 11.1 Å². The van der Waals surface area contributed by atoms with E-state index in [1.54, 1.807) is 0 Å². The monoisotopic (exact) mass is 314 g/mol. The summed E-state index contributed by atoms with van der Waals surface area (Å²) in [5.74, 6) is -0.482. The molecule has 0 fully saturated rings. The van der Waals surface area contributed by atoms with Crippen LogP contribution in [0.25, 0.3) is 10.1 Å². The average Bonchev–Trinajstić information content (AvgIpc) is 2.62. The van der Waals surface area contributed by atoms with E-state index >= 15 is 0 Å². The van der Waals surface area contributed by atoms with Crippen LogP contribution in [0.5, 0.6) is 5.06 Å². The minimum absolute atomic E-state index is 0.000741. The highest BCUT2D eigenvalue weighted by Crippen LogP contribution is 2.41. The van der Waals surface area contributed by atoms with E-state index in [0.29, 0.717) is 9.86 Å². The zero-order valence-corrected chi connectivity index (χ0v) is 10.6. The van der Waals surface area contributed by atoms with Gasteiger partial charge in [0.2, 0.25) is 5.06 Å². The fourth-order valence-electron chi connectivity index (χ4n) is 1.38. The summed E-state index contributed by atoms with van der Waals surface area (Å²) in [5.41, 5.74) is 4.97. The van der Waals surface area contributed by atoms with E-state index < -0.39 is 11.9 Å². The Balaban J connectivity index is 2.80. The summed E-state index contributed by atoms with van der Waals surface area (Å²) in [6.07, 6.45) is -1.04. The summed E-state index contributed by atoms with van der Waals surface area (Å²) >= 11 is 4.09. The van der Waals surface area contributed by atoms with Gasteiger partial charge >= 0.3 is 6.09 Å². The number of rotatable bonds is 1. The molecule has 2 N–H and O–H groups in total. The maximum Gasteiger partial charge on any atom is 0.410 e. The van der Waals surface area contributed by atoms with Crippen LogP contribution in [0.3, 0.4) is 0 Å². The SMILES string of the molecule is N#Cc1c(OC(N)=O)sc2c(F)ccc(Br)c12. The molecule has 0 bridgehead atoms. The molecule has 2 aromatic rings. The molecule has 0 saturated heterocycles. The van der Waals surface area contributed by atoms with Crippen LogP contribution >= 0.6 is 27.3 Å². The van der Waals surface area contributed by atoms with Crippen LogP contribution in [0.15, 0.2) is 16.6 Å². The predicted octanol–water partition coefficient (Wildman–Crippen LogP) is 3.13. The fraction of sp³-hybridized carbons (Fsp3) is 0. The third-order valence-electron chi connectivity index (χ3n) is 2.01. The number of fused-ring (bicyclic) bond motifs is 1. The predicted molar refractivity (Wildman–Crippen MR) is 64.4 cm³/mol. The fourth-order valence-corrected chi connectivity index (χ4v) is 3.07. The summed E-state index contributed by atoms with van der Waals surface area (Å²) < 4.78 is 19.0. The highest BCUT2D eigenvalue weighted by Gasteiger charge is 2.19. The molecule has 7 heteroatoms. The summed E-state index contributed by atoms with van der Waals surface area (Å²) in [7, 11) is 0. The van der Waals surface area contributed by atoms with Crippen molar-refractivity contribution < 1.29 is 13.9 Å². The highest BCUT2D eigenvalue weighted by molar-refractivity contribution is 9.10. The molecular formula is C10H4BrFN2O2S. The van der Waals surface area contributed by atoms with Gasteiger partial charge in [0.1, 0.15) is 17.4 Å². The van der Waals surface area contributed by atoms with E-state index in [1.807, 2.05) is 6.07 Å². The molecular weight excluding hydrogens is 311 g/mol. The number of nitrogens with two attached hydrogens (primary N) is 1. The number of halogens is 2. The van der Waals surface area contributed by atoms with E-state index in [0.717, 1.165) is 11.3 Å². The Hall–Kier alpha value is -1.65. The van der Waals surface area contributed by atoms with Gasteiger partial charge in [0, 0.05) is 9.86 Å². The van der Waals surface area contributed by atoms with Crippen molar-refractivity contribution in [3.05, 3.63) is 28.0 Å². The molecule has 0 spiro atoms. The molecule has 86 valence electrons. The summed E-state index contributed by atoms with van der Waals surface area (Å²) in [4.78, 5) is 10.7. The molecule has 0 aliphatic carbocycles. The maximum absolute atomic E-state index is 13.5. The number of nitriles is 1. The normalized spacial score (nSPS) is 10.2. The molecule has 17 heavy (non-hydrogen) atoms. The van der Waals surface area contributed by atoms with Crippen LogP contribution in [0.1, 0.15) is 5.56 Å². The lowest BCUT2D eigenvalue weighted by molar-refractivity contribution is 0.212. The molecule has 0 saturated carbocycles. The van der Waals surface area contributed by atoms with Crippen LogP contribution in [0, 0.1) is 17.1 Å². The standard InChI is InChI=1S/C10H4BrFN2O2S/c11-5-1-2-6(12)8-7(5)4(3-13)9(17-8)16-10(14)15/h1-2H,(H2,14,15). The van der Waals surface area contributed by atoms with Gasteiger partial charge in [0.25, 0.3) is 0 Å². The number of thiophene rings is 1. The highest BCUT2D eigenvalue weighted by atomic mass is 79.9. The third-order valence-corrected chi connectivity index (χ3v) is 3.75. The molecule has 2 rings (SSSR count). The molecule has 0 unspecified atom stereocenters. The lowest BCUT2D eigenvalue weighted by Crippen LogP contribution is -2.15. The zero-order chi connectivity index (χ0) is 12.6. The first-order chi connectivity index (χ1) is 8.04. The van der Waals surface area contributed by atoms with Gasteiger partial charge in [0.05, 0.1) is 4.70 Å². The molecule has 4 nitrogen and oxygen atoms in total. The second kappa shape index (κ2) is 4.31. The number of ether oxygens (including phenoxy) is 1. The van der Waals surface area contributed by atoms with Crippen molar-refractivity contribution in [1.29, 1.82) is 5.26 Å². The number of benzene rings is 1. The van der Waals surface area contributed by atoms with Crippen molar-refractivity contribution in [2.24, 2.45) is 5.73 Å². The number of carbonyl (C=O) groups excluding carboxylic acids is 1. The van der Waals surface area contributed by atoms with Crippen molar-refractivity contribution >= 4 is 43.4 Å². The van der Waals surface area contributed by atoms with Gasteiger partial charge in [-0.15, -0.1) is 0 Å². The first-order valence-corrected chi connectivity index (χ1v) is 5.93. The van der Waals surface area contributed by atoms with E-state index in [9.17, 15) is 9.18 Å². The van der Waals surface area contributed by atoms with E-state index in [-0.39, 0.29) is 15.3 Å². The number of nitrogens with zero attached hydrogens (tertiary/aromatic N) is 1. The molecule has 0 atom stereocenters. The van der Waals surface area contributed by atoms with Crippen LogP contribution in [0.2, 0.25) is 0 Å². The third kappa shape index (κ3) is 1.97. The minimum atomic E-state index is -1.04. The first kappa shape index (κ1) is 11.8. The molecule has 1 aromatic carbocycles. The molecule has 1 amide bonds. The number of carbonyl (C=O) groups is 1. The van der Waals surface area contributed by atoms with Crippen LogP contribution in [-0.2, 0) is 0 Å². The van der Waals surface area contributed by atoms with Gasteiger partial charge < -0.3 is 10.5 Å². The Bertz CT molecular complexity index is 662. The average molecular weight is 315 g/mol. The van der Waals surface area contributed by atoms with E-state index in [4.69, 9.17) is 11.0 Å². The second-order valence-corrected chi connectivity index (χ2v) is 4.87. The summed E-state index contributed by atoms with van der Waals surface area (Å²) in [6.45, 7) is 0. The van der Waals surface area contributed by atoms with Gasteiger partial charge in [-0.25, -0.2) is 9.18 Å². The molecule has 0 radical (unpaired) electrons. The van der Waals surface area contributed by atoms with Crippen LogP contribution in [0.4, 0.5) is 9.18 Å². The van der Waals surface area contributed by atoms with E-state index in [1.165, 1.54) is 12.1 Å². The molecule has 0 aliphatic heterocycles. The second-order valence-electron chi connectivity index (χ2n) is 3.03. The Morgan fingerprint density at radius 3 is 2.88 bits per heavy atom. The Labute approximate surface area is 108 Å². The van der Waals surface area contributed by atoms with Crippen LogP contribution in [-0.4, -0.2) is 6.09 Å². The zero-order valence-electron chi connectivity index (χ0n) is 8.16. The van der Waals surface area contributed by atoms with Crippen LogP contribution < -0.4 is 10.5 Å². The Morgan fingerprint density at radius 2 is 2.29 bits per heavy atom. The topological polar surface area (TPSA) is 76.1 Å².